The van der Waals surface area contributed by atoms with E-state index >= 15 is 0 Å². The fourth-order valence-electron chi connectivity index (χ4n) is 3.70. The van der Waals surface area contributed by atoms with E-state index in [1.807, 2.05) is 23.1 Å². The Morgan fingerprint density at radius 2 is 1.67 bits per heavy atom. The van der Waals surface area contributed by atoms with Crippen molar-refractivity contribution in [3.05, 3.63) is 70.7 Å². The van der Waals surface area contributed by atoms with E-state index in [9.17, 15) is 9.59 Å². The molecule has 1 amide bonds. The molecule has 0 unspecified atom stereocenters. The van der Waals surface area contributed by atoms with Gasteiger partial charge in [0.2, 0.25) is 5.91 Å². The summed E-state index contributed by atoms with van der Waals surface area (Å²) in [4.78, 5) is 29.0. The van der Waals surface area contributed by atoms with Gasteiger partial charge in [-0.25, -0.2) is 4.79 Å². The van der Waals surface area contributed by atoms with Crippen molar-refractivity contribution in [2.24, 2.45) is 0 Å². The standard InChI is InChI=1S/C21H23N3O3/c1-16(17-7-3-2-4-8-17)22-11-13-23(14-12-22)20(25)15-24-18-9-5-6-10-19(18)27-21(24)26/h2-10,16H,11-15H2,1H3/t16-/m0/s1. The highest BCUT2D eigenvalue weighted by molar-refractivity contribution is 5.79. The normalized spacial score (nSPS) is 16.6. The molecule has 27 heavy (non-hydrogen) atoms. The van der Waals surface area contributed by atoms with E-state index in [0.717, 1.165) is 13.1 Å². The summed E-state index contributed by atoms with van der Waals surface area (Å²) in [5, 5.41) is 0. The molecule has 2 heterocycles. The first-order valence-electron chi connectivity index (χ1n) is 9.28. The summed E-state index contributed by atoms with van der Waals surface area (Å²) in [6, 6.07) is 17.9. The Kier molecular flexibility index (Phi) is 4.81. The number of para-hydroxylation sites is 2. The van der Waals surface area contributed by atoms with Crippen LogP contribution in [0.25, 0.3) is 11.1 Å². The molecule has 3 aromatic rings. The van der Waals surface area contributed by atoms with E-state index in [2.05, 4.69) is 36.1 Å². The van der Waals surface area contributed by atoms with E-state index in [-0.39, 0.29) is 12.5 Å². The van der Waals surface area contributed by atoms with Crippen molar-refractivity contribution in [3.63, 3.8) is 0 Å². The lowest BCUT2D eigenvalue weighted by molar-refractivity contribution is -0.133. The zero-order chi connectivity index (χ0) is 18.8. The van der Waals surface area contributed by atoms with Gasteiger partial charge in [-0.2, -0.15) is 0 Å². The molecule has 2 aromatic carbocycles. The number of hydrogen-bond donors (Lipinski definition) is 0. The number of oxazole rings is 1. The van der Waals surface area contributed by atoms with Crippen LogP contribution in [-0.4, -0.2) is 46.5 Å². The van der Waals surface area contributed by atoms with Crippen LogP contribution in [0, 0.1) is 0 Å². The number of rotatable bonds is 4. The van der Waals surface area contributed by atoms with Gasteiger partial charge >= 0.3 is 5.76 Å². The van der Waals surface area contributed by atoms with Gasteiger partial charge in [-0.3, -0.25) is 14.3 Å². The first-order chi connectivity index (χ1) is 13.1. The largest absolute Gasteiger partial charge is 0.420 e. The fraction of sp³-hybridized carbons (Fsp3) is 0.333. The van der Waals surface area contributed by atoms with Crippen molar-refractivity contribution in [2.45, 2.75) is 19.5 Å². The third-order valence-corrected chi connectivity index (χ3v) is 5.36. The van der Waals surface area contributed by atoms with Crippen molar-refractivity contribution in [2.75, 3.05) is 26.2 Å². The van der Waals surface area contributed by atoms with Gasteiger partial charge in [0, 0.05) is 32.2 Å². The third kappa shape index (κ3) is 3.53. The zero-order valence-electron chi connectivity index (χ0n) is 15.4. The van der Waals surface area contributed by atoms with Crippen LogP contribution in [0.4, 0.5) is 0 Å². The predicted molar refractivity (Wildman–Crippen MR) is 103 cm³/mol. The average Bonchev–Trinajstić information content (AvgIpc) is 3.03. The fourth-order valence-corrected chi connectivity index (χ4v) is 3.70. The Morgan fingerprint density at radius 3 is 2.41 bits per heavy atom. The molecular formula is C21H23N3O3. The molecule has 0 bridgehead atoms. The van der Waals surface area contributed by atoms with Gasteiger partial charge in [0.05, 0.1) is 5.52 Å². The van der Waals surface area contributed by atoms with Crippen LogP contribution in [0.5, 0.6) is 0 Å². The molecule has 0 spiro atoms. The van der Waals surface area contributed by atoms with Crippen LogP contribution >= 0.6 is 0 Å². The van der Waals surface area contributed by atoms with Gasteiger partial charge in [-0.15, -0.1) is 0 Å². The molecule has 4 rings (SSSR count). The number of carbonyl (C=O) groups is 1. The summed E-state index contributed by atoms with van der Waals surface area (Å²) >= 11 is 0. The number of piperazine rings is 1. The zero-order valence-corrected chi connectivity index (χ0v) is 15.4. The molecule has 0 radical (unpaired) electrons. The van der Waals surface area contributed by atoms with Crippen LogP contribution in [0.3, 0.4) is 0 Å². The number of aromatic nitrogens is 1. The maximum absolute atomic E-state index is 12.7. The molecule has 1 atom stereocenters. The number of benzene rings is 2. The van der Waals surface area contributed by atoms with Crippen LogP contribution in [-0.2, 0) is 11.3 Å². The maximum Gasteiger partial charge on any atom is 0.420 e. The van der Waals surface area contributed by atoms with Gasteiger partial charge in [-0.1, -0.05) is 42.5 Å². The Bertz CT molecular complexity index is 985. The van der Waals surface area contributed by atoms with E-state index in [0.29, 0.717) is 30.2 Å². The second-order valence-electron chi connectivity index (χ2n) is 6.93. The Hall–Kier alpha value is -2.86. The molecule has 1 aliphatic heterocycles. The first kappa shape index (κ1) is 17.5. The molecule has 1 aliphatic rings. The lowest BCUT2D eigenvalue weighted by Gasteiger charge is -2.38. The SMILES string of the molecule is C[C@@H](c1ccccc1)N1CCN(C(=O)Cn2c(=O)oc3ccccc32)CC1. The van der Waals surface area contributed by atoms with Crippen LogP contribution in [0.1, 0.15) is 18.5 Å². The van der Waals surface area contributed by atoms with E-state index in [1.54, 1.807) is 12.1 Å². The highest BCUT2D eigenvalue weighted by Crippen LogP contribution is 2.21. The van der Waals surface area contributed by atoms with Gasteiger partial charge < -0.3 is 9.32 Å². The second-order valence-corrected chi connectivity index (χ2v) is 6.93. The van der Waals surface area contributed by atoms with E-state index in [1.165, 1.54) is 10.1 Å². The maximum atomic E-state index is 12.7. The highest BCUT2D eigenvalue weighted by atomic mass is 16.4. The molecular weight excluding hydrogens is 342 g/mol. The molecule has 1 aromatic heterocycles. The summed E-state index contributed by atoms with van der Waals surface area (Å²) < 4.78 is 6.63. The summed E-state index contributed by atoms with van der Waals surface area (Å²) in [6.45, 7) is 5.20. The molecule has 1 fully saturated rings. The van der Waals surface area contributed by atoms with Gasteiger partial charge in [0.1, 0.15) is 6.54 Å². The smallest absolute Gasteiger partial charge is 0.408 e. The number of hydrogen-bond acceptors (Lipinski definition) is 4. The van der Waals surface area contributed by atoms with E-state index in [4.69, 9.17) is 4.42 Å². The van der Waals surface area contributed by atoms with Gasteiger partial charge in [-0.05, 0) is 24.6 Å². The summed E-state index contributed by atoms with van der Waals surface area (Å²) in [7, 11) is 0. The van der Waals surface area contributed by atoms with Crippen molar-refractivity contribution in [1.29, 1.82) is 0 Å². The summed E-state index contributed by atoms with van der Waals surface area (Å²) in [5.41, 5.74) is 2.46. The summed E-state index contributed by atoms with van der Waals surface area (Å²) in [5.74, 6) is -0.531. The van der Waals surface area contributed by atoms with Crippen molar-refractivity contribution in [1.82, 2.24) is 14.4 Å². The minimum absolute atomic E-state index is 0.0179. The monoisotopic (exact) mass is 365 g/mol. The second kappa shape index (κ2) is 7.40. The van der Waals surface area contributed by atoms with Crippen LogP contribution in [0.15, 0.2) is 63.8 Å². The van der Waals surface area contributed by atoms with Crippen molar-refractivity contribution >= 4 is 17.0 Å². The lowest BCUT2D eigenvalue weighted by Crippen LogP contribution is -2.50. The minimum atomic E-state index is -0.485. The van der Waals surface area contributed by atoms with Crippen LogP contribution < -0.4 is 5.76 Å². The molecule has 0 aliphatic carbocycles. The lowest BCUT2D eigenvalue weighted by atomic mass is 10.1. The van der Waals surface area contributed by atoms with Crippen LogP contribution in [0.2, 0.25) is 0 Å². The van der Waals surface area contributed by atoms with Crippen molar-refractivity contribution in [3.8, 4) is 0 Å². The highest BCUT2D eigenvalue weighted by Gasteiger charge is 2.25. The Morgan fingerprint density at radius 1 is 1.00 bits per heavy atom. The molecule has 1 saturated heterocycles. The molecule has 0 N–H and O–H groups in total. The average molecular weight is 365 g/mol. The van der Waals surface area contributed by atoms with Crippen molar-refractivity contribution < 1.29 is 9.21 Å². The number of amides is 1. The molecule has 0 saturated carbocycles. The molecule has 6 nitrogen and oxygen atoms in total. The topological polar surface area (TPSA) is 58.7 Å². The molecule has 6 heteroatoms. The quantitative estimate of drug-likeness (QED) is 0.713. The number of fused-ring (bicyclic) bond motifs is 1. The number of carbonyl (C=O) groups excluding carboxylic acids is 1. The third-order valence-electron chi connectivity index (χ3n) is 5.36. The predicted octanol–water partition coefficient (Wildman–Crippen LogP) is 2.50. The number of nitrogens with zero attached hydrogens (tertiary/aromatic N) is 3. The van der Waals surface area contributed by atoms with E-state index < -0.39 is 5.76 Å². The Labute approximate surface area is 157 Å². The molecule has 140 valence electrons. The summed E-state index contributed by atoms with van der Waals surface area (Å²) in [6.07, 6.45) is 0. The van der Waals surface area contributed by atoms with Gasteiger partial charge in [0.25, 0.3) is 0 Å². The van der Waals surface area contributed by atoms with Gasteiger partial charge in [0.15, 0.2) is 5.58 Å². The minimum Gasteiger partial charge on any atom is -0.408 e. The first-order valence-corrected chi connectivity index (χ1v) is 9.28. The Balaban J connectivity index is 1.40.